The highest BCUT2D eigenvalue weighted by Crippen LogP contribution is 2.30. The molecule has 2 aromatic heterocycles. The van der Waals surface area contributed by atoms with E-state index in [0.29, 0.717) is 9.90 Å². The highest BCUT2D eigenvalue weighted by molar-refractivity contribution is 7.16. The Morgan fingerprint density at radius 3 is 2.80 bits per heavy atom. The third-order valence-electron chi connectivity index (χ3n) is 2.04. The van der Waals surface area contributed by atoms with Gasteiger partial charge in [0.15, 0.2) is 0 Å². The first-order chi connectivity index (χ1) is 7.18. The molecular formula is C10H8ClFN2S. The lowest BCUT2D eigenvalue weighted by atomic mass is 10.1. The van der Waals surface area contributed by atoms with E-state index < -0.39 is 11.9 Å². The Balaban J connectivity index is 2.36. The third kappa shape index (κ3) is 2.17. The standard InChI is InChI=1S/C10H8ClFN2S/c11-9-2-1-8(15-9)10(13)6-3-4-14-5-7(6)12/h1-5,10H,13H2. The number of halogens is 2. The maximum Gasteiger partial charge on any atom is 0.146 e. The number of nitrogens with zero attached hydrogens (tertiary/aromatic N) is 1. The van der Waals surface area contributed by atoms with E-state index in [4.69, 9.17) is 17.3 Å². The number of nitrogens with two attached hydrogens (primary N) is 1. The van der Waals surface area contributed by atoms with Crippen molar-refractivity contribution in [3.8, 4) is 0 Å². The van der Waals surface area contributed by atoms with Crippen LogP contribution in [-0.4, -0.2) is 4.98 Å². The van der Waals surface area contributed by atoms with Crippen molar-refractivity contribution in [1.82, 2.24) is 4.98 Å². The Bertz CT molecular complexity index is 472. The Morgan fingerprint density at radius 1 is 1.40 bits per heavy atom. The molecule has 0 aliphatic rings. The fourth-order valence-corrected chi connectivity index (χ4v) is 2.37. The maximum absolute atomic E-state index is 13.4. The van der Waals surface area contributed by atoms with Crippen molar-refractivity contribution >= 4 is 22.9 Å². The molecule has 0 spiro atoms. The summed E-state index contributed by atoms with van der Waals surface area (Å²) in [5.74, 6) is -0.394. The molecule has 0 fully saturated rings. The molecule has 78 valence electrons. The fourth-order valence-electron chi connectivity index (χ4n) is 1.29. The second-order valence-electron chi connectivity index (χ2n) is 3.02. The van der Waals surface area contributed by atoms with Crippen LogP contribution >= 0.6 is 22.9 Å². The van der Waals surface area contributed by atoms with E-state index in [1.807, 2.05) is 0 Å². The first-order valence-electron chi connectivity index (χ1n) is 4.28. The van der Waals surface area contributed by atoms with E-state index in [1.165, 1.54) is 17.5 Å². The van der Waals surface area contributed by atoms with Gasteiger partial charge in [-0.15, -0.1) is 11.3 Å². The number of aromatic nitrogens is 1. The first-order valence-corrected chi connectivity index (χ1v) is 5.48. The molecule has 0 saturated carbocycles. The van der Waals surface area contributed by atoms with Gasteiger partial charge in [0.1, 0.15) is 5.82 Å². The van der Waals surface area contributed by atoms with Crippen LogP contribution in [-0.2, 0) is 0 Å². The lowest BCUT2D eigenvalue weighted by molar-refractivity contribution is 0.594. The van der Waals surface area contributed by atoms with E-state index in [-0.39, 0.29) is 0 Å². The van der Waals surface area contributed by atoms with Crippen LogP contribution in [0, 0.1) is 5.82 Å². The molecule has 2 aromatic rings. The summed E-state index contributed by atoms with van der Waals surface area (Å²) in [7, 11) is 0. The lowest BCUT2D eigenvalue weighted by Crippen LogP contribution is -2.12. The minimum atomic E-state index is -0.481. The van der Waals surface area contributed by atoms with Gasteiger partial charge in [-0.1, -0.05) is 11.6 Å². The average molecular weight is 243 g/mol. The van der Waals surface area contributed by atoms with Crippen molar-refractivity contribution in [3.63, 3.8) is 0 Å². The smallest absolute Gasteiger partial charge is 0.146 e. The Hall–Kier alpha value is -0.970. The quantitative estimate of drug-likeness (QED) is 0.879. The number of hydrogen-bond acceptors (Lipinski definition) is 3. The maximum atomic E-state index is 13.4. The van der Waals surface area contributed by atoms with Crippen LogP contribution in [0.2, 0.25) is 4.34 Å². The Morgan fingerprint density at radius 2 is 2.20 bits per heavy atom. The van der Waals surface area contributed by atoms with Crippen molar-refractivity contribution in [3.05, 3.63) is 51.2 Å². The van der Waals surface area contributed by atoms with Crippen LogP contribution in [0.25, 0.3) is 0 Å². The lowest BCUT2D eigenvalue weighted by Gasteiger charge is -2.09. The topological polar surface area (TPSA) is 38.9 Å². The predicted octanol–water partition coefficient (Wildman–Crippen LogP) is 2.98. The molecule has 0 bridgehead atoms. The zero-order chi connectivity index (χ0) is 10.8. The van der Waals surface area contributed by atoms with Crippen LogP contribution in [0.3, 0.4) is 0 Å². The van der Waals surface area contributed by atoms with Crippen LogP contribution in [0.1, 0.15) is 16.5 Å². The molecule has 0 saturated heterocycles. The average Bonchev–Trinajstić information content (AvgIpc) is 2.65. The summed E-state index contributed by atoms with van der Waals surface area (Å²) in [5.41, 5.74) is 6.35. The van der Waals surface area contributed by atoms with E-state index in [1.54, 1.807) is 18.2 Å². The summed E-state index contributed by atoms with van der Waals surface area (Å²) in [6.07, 6.45) is 2.68. The number of hydrogen-bond donors (Lipinski definition) is 1. The zero-order valence-corrected chi connectivity index (χ0v) is 9.23. The van der Waals surface area contributed by atoms with Gasteiger partial charge < -0.3 is 5.73 Å². The van der Waals surface area contributed by atoms with Gasteiger partial charge in [0.2, 0.25) is 0 Å². The summed E-state index contributed by atoms with van der Waals surface area (Å²) in [5, 5.41) is 0. The molecule has 2 rings (SSSR count). The summed E-state index contributed by atoms with van der Waals surface area (Å²) in [4.78, 5) is 4.51. The molecule has 0 aromatic carbocycles. The molecule has 15 heavy (non-hydrogen) atoms. The molecular weight excluding hydrogens is 235 g/mol. The van der Waals surface area contributed by atoms with Crippen molar-refractivity contribution in [2.45, 2.75) is 6.04 Å². The fraction of sp³-hybridized carbons (Fsp3) is 0.100. The SMILES string of the molecule is NC(c1ccc(Cl)s1)c1ccncc1F. The van der Waals surface area contributed by atoms with E-state index in [9.17, 15) is 4.39 Å². The highest BCUT2D eigenvalue weighted by atomic mass is 35.5. The number of rotatable bonds is 2. The van der Waals surface area contributed by atoms with E-state index in [2.05, 4.69) is 4.98 Å². The third-order valence-corrected chi connectivity index (χ3v) is 3.35. The van der Waals surface area contributed by atoms with Gasteiger partial charge in [0.05, 0.1) is 16.6 Å². The van der Waals surface area contributed by atoms with Crippen LogP contribution < -0.4 is 5.73 Å². The predicted molar refractivity (Wildman–Crippen MR) is 59.6 cm³/mol. The Labute approximate surface area is 95.5 Å². The summed E-state index contributed by atoms with van der Waals surface area (Å²) in [6.45, 7) is 0. The van der Waals surface area contributed by atoms with Crippen LogP contribution in [0.15, 0.2) is 30.6 Å². The van der Waals surface area contributed by atoms with Gasteiger partial charge in [0, 0.05) is 16.6 Å². The molecule has 0 aliphatic heterocycles. The van der Waals surface area contributed by atoms with Crippen molar-refractivity contribution in [2.24, 2.45) is 5.73 Å². The van der Waals surface area contributed by atoms with Crippen molar-refractivity contribution in [2.75, 3.05) is 0 Å². The summed E-state index contributed by atoms with van der Waals surface area (Å²) in [6, 6.07) is 4.65. The van der Waals surface area contributed by atoms with E-state index in [0.717, 1.165) is 11.1 Å². The largest absolute Gasteiger partial charge is 0.320 e. The molecule has 2 heterocycles. The number of thiophene rings is 1. The van der Waals surface area contributed by atoms with Gasteiger partial charge in [-0.25, -0.2) is 4.39 Å². The molecule has 1 unspecified atom stereocenters. The number of pyridine rings is 1. The summed E-state index contributed by atoms with van der Waals surface area (Å²) >= 11 is 7.14. The zero-order valence-electron chi connectivity index (χ0n) is 7.65. The molecule has 2 N–H and O–H groups in total. The molecule has 2 nitrogen and oxygen atoms in total. The summed E-state index contributed by atoms with van der Waals surface area (Å²) < 4.78 is 14.0. The second-order valence-corrected chi connectivity index (χ2v) is 4.76. The van der Waals surface area contributed by atoms with Crippen molar-refractivity contribution < 1.29 is 4.39 Å². The molecule has 0 radical (unpaired) electrons. The Kier molecular flexibility index (Phi) is 3.00. The van der Waals surface area contributed by atoms with E-state index >= 15 is 0 Å². The monoisotopic (exact) mass is 242 g/mol. The first kappa shape index (κ1) is 10.5. The van der Waals surface area contributed by atoms with Crippen LogP contribution in [0.5, 0.6) is 0 Å². The van der Waals surface area contributed by atoms with Crippen molar-refractivity contribution in [1.29, 1.82) is 0 Å². The van der Waals surface area contributed by atoms with Gasteiger partial charge in [-0.2, -0.15) is 0 Å². The minimum absolute atomic E-state index is 0.394. The van der Waals surface area contributed by atoms with Gasteiger partial charge in [-0.05, 0) is 18.2 Å². The minimum Gasteiger partial charge on any atom is -0.320 e. The normalized spacial score (nSPS) is 12.7. The van der Waals surface area contributed by atoms with Crippen LogP contribution in [0.4, 0.5) is 4.39 Å². The molecule has 5 heteroatoms. The second kappa shape index (κ2) is 4.26. The van der Waals surface area contributed by atoms with Gasteiger partial charge >= 0.3 is 0 Å². The molecule has 0 aliphatic carbocycles. The molecule has 1 atom stereocenters. The van der Waals surface area contributed by atoms with Gasteiger partial charge in [0.25, 0.3) is 0 Å². The molecule has 0 amide bonds. The van der Waals surface area contributed by atoms with Gasteiger partial charge in [-0.3, -0.25) is 4.98 Å². The highest BCUT2D eigenvalue weighted by Gasteiger charge is 2.14.